The average molecular weight is 268 g/mol. The van der Waals surface area contributed by atoms with Crippen LogP contribution in [-0.4, -0.2) is 36.1 Å². The normalized spacial score (nSPS) is 12.3. The lowest BCUT2D eigenvalue weighted by atomic mass is 10.1. The maximum absolute atomic E-state index is 11.7. The Labute approximate surface area is 112 Å². The molecule has 2 amide bonds. The first-order valence-electron chi connectivity index (χ1n) is 6.19. The summed E-state index contributed by atoms with van der Waals surface area (Å²) in [5, 5.41) is 14.6. The van der Waals surface area contributed by atoms with Gasteiger partial charge in [0.25, 0.3) is 5.91 Å². The second-order valence-electron chi connectivity index (χ2n) is 4.69. The van der Waals surface area contributed by atoms with Gasteiger partial charge in [-0.2, -0.15) is 0 Å². The van der Waals surface area contributed by atoms with Gasteiger partial charge in [-0.1, -0.05) is 13.8 Å². The Morgan fingerprint density at radius 2 is 2.05 bits per heavy atom. The van der Waals surface area contributed by atoms with Gasteiger partial charge in [0, 0.05) is 6.54 Å². The minimum Gasteiger partial charge on any atom is -0.469 e. The van der Waals surface area contributed by atoms with E-state index < -0.39 is 6.10 Å². The molecule has 1 heterocycles. The van der Waals surface area contributed by atoms with Crippen molar-refractivity contribution < 1.29 is 19.1 Å². The van der Waals surface area contributed by atoms with Gasteiger partial charge >= 0.3 is 0 Å². The summed E-state index contributed by atoms with van der Waals surface area (Å²) >= 11 is 0. The van der Waals surface area contributed by atoms with Crippen LogP contribution in [0.4, 0.5) is 0 Å². The Hall–Kier alpha value is -1.82. The second kappa shape index (κ2) is 6.94. The number of aliphatic hydroxyl groups excluding tert-OH is 1. The van der Waals surface area contributed by atoms with Gasteiger partial charge in [0.05, 0.1) is 24.5 Å². The Balaban J connectivity index is 2.31. The number of aryl methyl sites for hydroxylation is 1. The van der Waals surface area contributed by atoms with Gasteiger partial charge in [0.15, 0.2) is 0 Å². The van der Waals surface area contributed by atoms with E-state index in [0.29, 0.717) is 11.3 Å². The Morgan fingerprint density at radius 3 is 2.58 bits per heavy atom. The van der Waals surface area contributed by atoms with Gasteiger partial charge in [0.2, 0.25) is 5.91 Å². The molecule has 0 aliphatic heterocycles. The molecule has 0 radical (unpaired) electrons. The van der Waals surface area contributed by atoms with Crippen molar-refractivity contribution >= 4 is 11.8 Å². The van der Waals surface area contributed by atoms with Crippen molar-refractivity contribution in [2.24, 2.45) is 5.92 Å². The summed E-state index contributed by atoms with van der Waals surface area (Å²) in [4.78, 5) is 23.1. The van der Waals surface area contributed by atoms with Crippen molar-refractivity contribution in [2.75, 3.05) is 13.1 Å². The molecule has 1 aromatic heterocycles. The van der Waals surface area contributed by atoms with E-state index in [-0.39, 0.29) is 30.8 Å². The maximum Gasteiger partial charge on any atom is 0.255 e. The van der Waals surface area contributed by atoms with Gasteiger partial charge in [-0.05, 0) is 18.9 Å². The van der Waals surface area contributed by atoms with Crippen LogP contribution in [0.3, 0.4) is 0 Å². The summed E-state index contributed by atoms with van der Waals surface area (Å²) in [6, 6.07) is 1.55. The van der Waals surface area contributed by atoms with Crippen molar-refractivity contribution in [3.63, 3.8) is 0 Å². The summed E-state index contributed by atoms with van der Waals surface area (Å²) in [5.74, 6) is -0.114. The third kappa shape index (κ3) is 4.75. The Bertz CT molecular complexity index is 440. The van der Waals surface area contributed by atoms with E-state index in [1.54, 1.807) is 13.0 Å². The van der Waals surface area contributed by atoms with E-state index >= 15 is 0 Å². The minimum absolute atomic E-state index is 0.0727. The molecule has 0 spiro atoms. The summed E-state index contributed by atoms with van der Waals surface area (Å²) < 4.78 is 5.00. The quantitative estimate of drug-likeness (QED) is 0.698. The molecular formula is C13H20N2O4. The maximum atomic E-state index is 11.7. The standard InChI is InChI=1S/C13H20N2O4/c1-8(2)11(16)6-14-12(17)7-15-13(18)10-4-5-19-9(10)3/h4-5,8,11,16H,6-7H2,1-3H3,(H,14,17)(H,15,18). The van der Waals surface area contributed by atoms with Crippen molar-refractivity contribution in [2.45, 2.75) is 26.9 Å². The summed E-state index contributed by atoms with van der Waals surface area (Å²) in [6.45, 7) is 5.44. The number of aliphatic hydroxyl groups is 1. The lowest BCUT2D eigenvalue weighted by Gasteiger charge is -2.15. The van der Waals surface area contributed by atoms with E-state index in [1.165, 1.54) is 6.26 Å². The molecule has 1 unspecified atom stereocenters. The van der Waals surface area contributed by atoms with E-state index in [4.69, 9.17) is 4.42 Å². The van der Waals surface area contributed by atoms with Gasteiger partial charge in [0.1, 0.15) is 5.76 Å². The van der Waals surface area contributed by atoms with Crippen molar-refractivity contribution in [3.05, 3.63) is 23.7 Å². The van der Waals surface area contributed by atoms with Crippen LogP contribution in [0.5, 0.6) is 0 Å². The molecule has 0 aliphatic rings. The van der Waals surface area contributed by atoms with E-state index in [1.807, 2.05) is 13.8 Å². The fourth-order valence-corrected chi connectivity index (χ4v) is 1.39. The third-order valence-electron chi connectivity index (χ3n) is 2.79. The smallest absolute Gasteiger partial charge is 0.255 e. The molecule has 19 heavy (non-hydrogen) atoms. The third-order valence-corrected chi connectivity index (χ3v) is 2.79. The number of carbonyl (C=O) groups is 2. The number of hydrogen-bond donors (Lipinski definition) is 3. The van der Waals surface area contributed by atoms with Crippen molar-refractivity contribution in [1.82, 2.24) is 10.6 Å². The highest BCUT2D eigenvalue weighted by Gasteiger charge is 2.14. The molecule has 106 valence electrons. The predicted octanol–water partition coefficient (Wildman–Crippen LogP) is 0.451. The van der Waals surface area contributed by atoms with Gasteiger partial charge in [-0.15, -0.1) is 0 Å². The average Bonchev–Trinajstić information content (AvgIpc) is 2.79. The Kier molecular flexibility index (Phi) is 5.57. The highest BCUT2D eigenvalue weighted by atomic mass is 16.3. The molecular weight excluding hydrogens is 248 g/mol. The molecule has 0 saturated heterocycles. The second-order valence-corrected chi connectivity index (χ2v) is 4.69. The number of furan rings is 1. The summed E-state index contributed by atoms with van der Waals surface area (Å²) in [6.07, 6.45) is 0.833. The highest BCUT2D eigenvalue weighted by molar-refractivity contribution is 5.97. The predicted molar refractivity (Wildman–Crippen MR) is 69.6 cm³/mol. The lowest BCUT2D eigenvalue weighted by molar-refractivity contribution is -0.120. The molecule has 1 atom stereocenters. The van der Waals surface area contributed by atoms with Gasteiger partial charge in [-0.25, -0.2) is 0 Å². The van der Waals surface area contributed by atoms with Crippen LogP contribution < -0.4 is 10.6 Å². The molecule has 0 saturated carbocycles. The molecule has 0 aliphatic carbocycles. The topological polar surface area (TPSA) is 91.6 Å². The molecule has 1 aromatic rings. The minimum atomic E-state index is -0.587. The van der Waals surface area contributed by atoms with Gasteiger partial charge < -0.3 is 20.2 Å². The van der Waals surface area contributed by atoms with Crippen LogP contribution in [0.2, 0.25) is 0 Å². The number of carbonyl (C=O) groups excluding carboxylic acids is 2. The van der Waals surface area contributed by atoms with Crippen LogP contribution >= 0.6 is 0 Å². The van der Waals surface area contributed by atoms with Crippen molar-refractivity contribution in [3.8, 4) is 0 Å². The number of rotatable bonds is 6. The first-order valence-corrected chi connectivity index (χ1v) is 6.19. The van der Waals surface area contributed by atoms with E-state index in [9.17, 15) is 14.7 Å². The molecule has 6 heteroatoms. The molecule has 6 nitrogen and oxygen atoms in total. The van der Waals surface area contributed by atoms with E-state index in [0.717, 1.165) is 0 Å². The monoisotopic (exact) mass is 268 g/mol. The number of nitrogens with one attached hydrogen (secondary N) is 2. The van der Waals surface area contributed by atoms with Crippen LogP contribution in [0.15, 0.2) is 16.7 Å². The van der Waals surface area contributed by atoms with Crippen LogP contribution in [-0.2, 0) is 4.79 Å². The first-order chi connectivity index (χ1) is 8.91. The summed E-state index contributed by atoms with van der Waals surface area (Å²) in [5.41, 5.74) is 0.412. The SMILES string of the molecule is Cc1occc1C(=O)NCC(=O)NCC(O)C(C)C. The van der Waals surface area contributed by atoms with Crippen LogP contribution in [0.1, 0.15) is 30.0 Å². The molecule has 1 rings (SSSR count). The fraction of sp³-hybridized carbons (Fsp3) is 0.538. The Morgan fingerprint density at radius 1 is 1.37 bits per heavy atom. The van der Waals surface area contributed by atoms with E-state index in [2.05, 4.69) is 10.6 Å². The first kappa shape index (κ1) is 15.2. The highest BCUT2D eigenvalue weighted by Crippen LogP contribution is 2.07. The fourth-order valence-electron chi connectivity index (χ4n) is 1.39. The van der Waals surface area contributed by atoms with Crippen LogP contribution in [0, 0.1) is 12.8 Å². The largest absolute Gasteiger partial charge is 0.469 e. The lowest BCUT2D eigenvalue weighted by Crippen LogP contribution is -2.41. The van der Waals surface area contributed by atoms with Crippen molar-refractivity contribution in [1.29, 1.82) is 0 Å². The number of amides is 2. The van der Waals surface area contributed by atoms with Gasteiger partial charge in [-0.3, -0.25) is 9.59 Å². The zero-order valence-electron chi connectivity index (χ0n) is 11.4. The zero-order chi connectivity index (χ0) is 14.4. The van der Waals surface area contributed by atoms with Crippen LogP contribution in [0.25, 0.3) is 0 Å². The molecule has 0 bridgehead atoms. The molecule has 0 fully saturated rings. The zero-order valence-corrected chi connectivity index (χ0v) is 11.4. The molecule has 0 aromatic carbocycles. The number of hydrogen-bond acceptors (Lipinski definition) is 4. The summed E-state index contributed by atoms with van der Waals surface area (Å²) in [7, 11) is 0. The molecule has 3 N–H and O–H groups in total.